The maximum Gasteiger partial charge on any atom is 0.411 e. The van der Waals surface area contributed by atoms with E-state index in [4.69, 9.17) is 9.47 Å². The standard InChI is InChI=1S/C14H20N2O3/c1-18-13-8-3-2-7-12(13)16-14(17)19-10-11-6-4-5-9-15-11/h2-3,7-8,11,15H,4-6,9-10H2,1H3,(H,16,17). The van der Waals surface area contributed by atoms with Gasteiger partial charge in [-0.1, -0.05) is 18.6 Å². The lowest BCUT2D eigenvalue weighted by atomic mass is 10.1. The number of amides is 1. The Kier molecular flexibility index (Phi) is 5.03. The summed E-state index contributed by atoms with van der Waals surface area (Å²) >= 11 is 0. The number of hydrogen-bond donors (Lipinski definition) is 2. The van der Waals surface area contributed by atoms with Gasteiger partial charge in [-0.25, -0.2) is 4.79 Å². The third kappa shape index (κ3) is 4.13. The number of hydrogen-bond acceptors (Lipinski definition) is 4. The molecule has 1 heterocycles. The van der Waals surface area contributed by atoms with Gasteiger partial charge in [0.05, 0.1) is 12.8 Å². The van der Waals surface area contributed by atoms with Crippen molar-refractivity contribution in [3.63, 3.8) is 0 Å². The molecular weight excluding hydrogens is 244 g/mol. The molecule has 2 rings (SSSR count). The Labute approximate surface area is 113 Å². The van der Waals surface area contributed by atoms with Crippen molar-refractivity contribution in [1.82, 2.24) is 5.32 Å². The van der Waals surface area contributed by atoms with E-state index in [1.54, 1.807) is 19.2 Å². The van der Waals surface area contributed by atoms with Crippen LogP contribution in [0.4, 0.5) is 10.5 Å². The molecule has 0 saturated carbocycles. The molecule has 1 amide bonds. The van der Waals surface area contributed by atoms with Crippen LogP contribution in [0.5, 0.6) is 5.75 Å². The first-order valence-corrected chi connectivity index (χ1v) is 6.60. The lowest BCUT2D eigenvalue weighted by Gasteiger charge is -2.23. The number of carbonyl (C=O) groups is 1. The van der Waals surface area contributed by atoms with Crippen molar-refractivity contribution in [3.05, 3.63) is 24.3 Å². The highest BCUT2D eigenvalue weighted by atomic mass is 16.5. The van der Waals surface area contributed by atoms with Gasteiger partial charge in [-0.05, 0) is 31.5 Å². The Balaban J connectivity index is 1.80. The first-order valence-electron chi connectivity index (χ1n) is 6.60. The van der Waals surface area contributed by atoms with Gasteiger partial charge < -0.3 is 14.8 Å². The SMILES string of the molecule is COc1ccccc1NC(=O)OCC1CCCCN1. The molecule has 0 aliphatic carbocycles. The van der Waals surface area contributed by atoms with E-state index in [1.165, 1.54) is 12.8 Å². The monoisotopic (exact) mass is 264 g/mol. The van der Waals surface area contributed by atoms with E-state index in [0.717, 1.165) is 13.0 Å². The summed E-state index contributed by atoms with van der Waals surface area (Å²) in [6.45, 7) is 1.41. The summed E-state index contributed by atoms with van der Waals surface area (Å²) in [6, 6.07) is 7.52. The fourth-order valence-corrected chi connectivity index (χ4v) is 2.14. The Morgan fingerprint density at radius 1 is 1.42 bits per heavy atom. The molecule has 1 saturated heterocycles. The van der Waals surface area contributed by atoms with Crippen LogP contribution in [0.25, 0.3) is 0 Å². The highest BCUT2D eigenvalue weighted by molar-refractivity contribution is 5.86. The first-order chi connectivity index (χ1) is 9.29. The van der Waals surface area contributed by atoms with E-state index < -0.39 is 6.09 Å². The zero-order chi connectivity index (χ0) is 13.5. The molecule has 1 aliphatic heterocycles. The Morgan fingerprint density at radius 2 is 2.26 bits per heavy atom. The van der Waals surface area contributed by atoms with Crippen LogP contribution in [-0.2, 0) is 4.74 Å². The highest BCUT2D eigenvalue weighted by Crippen LogP contribution is 2.23. The number of carbonyl (C=O) groups excluding carboxylic acids is 1. The van der Waals surface area contributed by atoms with Crippen LogP contribution in [0.1, 0.15) is 19.3 Å². The molecular formula is C14H20N2O3. The van der Waals surface area contributed by atoms with E-state index in [-0.39, 0.29) is 6.04 Å². The number of piperidine rings is 1. The lowest BCUT2D eigenvalue weighted by molar-refractivity contribution is 0.141. The molecule has 1 aromatic rings. The van der Waals surface area contributed by atoms with E-state index >= 15 is 0 Å². The number of nitrogens with one attached hydrogen (secondary N) is 2. The van der Waals surface area contributed by atoms with Gasteiger partial charge in [0.1, 0.15) is 12.4 Å². The van der Waals surface area contributed by atoms with E-state index in [0.29, 0.717) is 18.0 Å². The Hall–Kier alpha value is -1.75. The predicted molar refractivity (Wildman–Crippen MR) is 73.6 cm³/mol. The Morgan fingerprint density at radius 3 is 3.00 bits per heavy atom. The minimum Gasteiger partial charge on any atom is -0.495 e. The van der Waals surface area contributed by atoms with Gasteiger partial charge in [0.15, 0.2) is 0 Å². The van der Waals surface area contributed by atoms with Crippen LogP contribution < -0.4 is 15.4 Å². The van der Waals surface area contributed by atoms with Gasteiger partial charge >= 0.3 is 6.09 Å². The van der Waals surface area contributed by atoms with Gasteiger partial charge in [-0.2, -0.15) is 0 Å². The minimum absolute atomic E-state index is 0.275. The quantitative estimate of drug-likeness (QED) is 0.876. The number of anilines is 1. The second kappa shape index (κ2) is 6.99. The molecule has 2 N–H and O–H groups in total. The van der Waals surface area contributed by atoms with E-state index in [1.807, 2.05) is 12.1 Å². The molecule has 5 nitrogen and oxygen atoms in total. The molecule has 0 aromatic heterocycles. The zero-order valence-electron chi connectivity index (χ0n) is 11.1. The largest absolute Gasteiger partial charge is 0.495 e. The van der Waals surface area contributed by atoms with Gasteiger partial charge in [-0.3, -0.25) is 5.32 Å². The molecule has 1 aromatic carbocycles. The molecule has 1 unspecified atom stereocenters. The second-order valence-electron chi connectivity index (χ2n) is 4.57. The van der Waals surface area contributed by atoms with Crippen LogP contribution >= 0.6 is 0 Å². The van der Waals surface area contributed by atoms with Crippen LogP contribution in [0, 0.1) is 0 Å². The van der Waals surface area contributed by atoms with Crippen molar-refractivity contribution in [2.24, 2.45) is 0 Å². The summed E-state index contributed by atoms with van der Waals surface area (Å²) in [4.78, 5) is 11.7. The topological polar surface area (TPSA) is 59.6 Å². The number of benzene rings is 1. The third-order valence-electron chi connectivity index (χ3n) is 3.17. The third-order valence-corrected chi connectivity index (χ3v) is 3.17. The molecule has 104 valence electrons. The molecule has 0 radical (unpaired) electrons. The van der Waals surface area contributed by atoms with Gasteiger partial charge in [0, 0.05) is 6.04 Å². The van der Waals surface area contributed by atoms with Crippen LogP contribution in [-0.4, -0.2) is 32.4 Å². The second-order valence-corrected chi connectivity index (χ2v) is 4.57. The number of para-hydroxylation sites is 2. The van der Waals surface area contributed by atoms with Gasteiger partial charge in [-0.15, -0.1) is 0 Å². The molecule has 0 spiro atoms. The molecule has 0 bridgehead atoms. The van der Waals surface area contributed by atoms with Crippen molar-refractivity contribution < 1.29 is 14.3 Å². The summed E-state index contributed by atoms with van der Waals surface area (Å²) in [7, 11) is 1.57. The fraction of sp³-hybridized carbons (Fsp3) is 0.500. The highest BCUT2D eigenvalue weighted by Gasteiger charge is 2.15. The van der Waals surface area contributed by atoms with Crippen molar-refractivity contribution in [3.8, 4) is 5.75 Å². The maximum absolute atomic E-state index is 11.7. The van der Waals surface area contributed by atoms with E-state index in [2.05, 4.69) is 10.6 Å². The summed E-state index contributed by atoms with van der Waals surface area (Å²) < 4.78 is 10.4. The zero-order valence-corrected chi connectivity index (χ0v) is 11.1. The average Bonchev–Trinajstić information content (AvgIpc) is 2.47. The van der Waals surface area contributed by atoms with Crippen LogP contribution in [0.15, 0.2) is 24.3 Å². The summed E-state index contributed by atoms with van der Waals surface area (Å²) in [6.07, 6.45) is 3.00. The number of methoxy groups -OCH3 is 1. The van der Waals surface area contributed by atoms with E-state index in [9.17, 15) is 4.79 Å². The first kappa shape index (κ1) is 13.7. The Bertz CT molecular complexity index is 417. The minimum atomic E-state index is -0.447. The van der Waals surface area contributed by atoms with Crippen molar-refractivity contribution in [2.75, 3.05) is 25.6 Å². The molecule has 1 fully saturated rings. The number of ether oxygens (including phenoxy) is 2. The van der Waals surface area contributed by atoms with Crippen molar-refractivity contribution in [1.29, 1.82) is 0 Å². The molecule has 1 atom stereocenters. The lowest BCUT2D eigenvalue weighted by Crippen LogP contribution is -2.38. The van der Waals surface area contributed by atoms with Crippen molar-refractivity contribution >= 4 is 11.8 Å². The normalized spacial score (nSPS) is 18.7. The molecule has 5 heteroatoms. The summed E-state index contributed by atoms with van der Waals surface area (Å²) in [5.41, 5.74) is 0.617. The molecule has 1 aliphatic rings. The smallest absolute Gasteiger partial charge is 0.411 e. The van der Waals surface area contributed by atoms with Gasteiger partial charge in [0.2, 0.25) is 0 Å². The fourth-order valence-electron chi connectivity index (χ4n) is 2.14. The number of rotatable bonds is 4. The molecule has 19 heavy (non-hydrogen) atoms. The average molecular weight is 264 g/mol. The van der Waals surface area contributed by atoms with Crippen LogP contribution in [0.3, 0.4) is 0 Å². The van der Waals surface area contributed by atoms with Crippen LogP contribution in [0.2, 0.25) is 0 Å². The van der Waals surface area contributed by atoms with Gasteiger partial charge in [0.25, 0.3) is 0 Å². The van der Waals surface area contributed by atoms with Crippen molar-refractivity contribution in [2.45, 2.75) is 25.3 Å². The maximum atomic E-state index is 11.7. The summed E-state index contributed by atoms with van der Waals surface area (Å²) in [5, 5.41) is 6.02. The predicted octanol–water partition coefficient (Wildman–Crippen LogP) is 2.39. The summed E-state index contributed by atoms with van der Waals surface area (Å²) in [5.74, 6) is 0.621.